The molecule has 0 saturated carbocycles. The van der Waals surface area contributed by atoms with Crippen molar-refractivity contribution in [1.29, 1.82) is 0 Å². The number of rotatable bonds is 6. The number of aryl methyl sites for hydroxylation is 1. The fraction of sp³-hybridized carbons (Fsp3) is 0.588. The summed E-state index contributed by atoms with van der Waals surface area (Å²) in [5.41, 5.74) is 3.95. The molecule has 1 heterocycles. The van der Waals surface area contributed by atoms with E-state index in [9.17, 15) is 4.79 Å². The third-order valence-electron chi connectivity index (χ3n) is 3.91. The van der Waals surface area contributed by atoms with Crippen LogP contribution in [0.15, 0.2) is 18.2 Å². The second kappa shape index (κ2) is 7.46. The lowest BCUT2D eigenvalue weighted by atomic mass is 10.1. The SMILES string of the molecule is CCCNCc1cc(C)ccc1N1CCC(NC(C)=O)C1. The number of carbonyl (C=O) groups is 1. The van der Waals surface area contributed by atoms with E-state index in [1.807, 2.05) is 0 Å². The first-order chi connectivity index (χ1) is 10.1. The Kier molecular flexibility index (Phi) is 5.62. The predicted octanol–water partition coefficient (Wildman–Crippen LogP) is 2.21. The number of nitrogens with zero attached hydrogens (tertiary/aromatic N) is 1. The number of hydrogen-bond donors (Lipinski definition) is 2. The van der Waals surface area contributed by atoms with Crippen LogP contribution >= 0.6 is 0 Å². The highest BCUT2D eigenvalue weighted by Gasteiger charge is 2.24. The average Bonchev–Trinajstić information content (AvgIpc) is 2.86. The molecule has 1 aromatic rings. The summed E-state index contributed by atoms with van der Waals surface area (Å²) in [6.07, 6.45) is 2.17. The number of hydrogen-bond acceptors (Lipinski definition) is 3. The van der Waals surface area contributed by atoms with Crippen LogP contribution < -0.4 is 15.5 Å². The van der Waals surface area contributed by atoms with Crippen molar-refractivity contribution >= 4 is 11.6 Å². The number of carbonyl (C=O) groups excluding carboxylic acids is 1. The van der Waals surface area contributed by atoms with Crippen LogP contribution in [0.5, 0.6) is 0 Å². The first-order valence-electron chi connectivity index (χ1n) is 7.92. The Morgan fingerprint density at radius 1 is 1.43 bits per heavy atom. The summed E-state index contributed by atoms with van der Waals surface area (Å²) >= 11 is 0. The van der Waals surface area contributed by atoms with Crippen LogP contribution in [-0.4, -0.2) is 31.6 Å². The van der Waals surface area contributed by atoms with Crippen LogP contribution in [0.2, 0.25) is 0 Å². The van der Waals surface area contributed by atoms with Gasteiger partial charge in [0, 0.05) is 38.3 Å². The number of anilines is 1. The third kappa shape index (κ3) is 4.46. The number of amides is 1. The second-order valence-electron chi connectivity index (χ2n) is 5.94. The molecule has 0 radical (unpaired) electrons. The largest absolute Gasteiger partial charge is 0.369 e. The summed E-state index contributed by atoms with van der Waals surface area (Å²) in [5, 5.41) is 6.52. The van der Waals surface area contributed by atoms with Gasteiger partial charge in [-0.15, -0.1) is 0 Å². The highest BCUT2D eigenvalue weighted by atomic mass is 16.1. The van der Waals surface area contributed by atoms with Gasteiger partial charge in [-0.1, -0.05) is 24.6 Å². The van der Waals surface area contributed by atoms with Gasteiger partial charge < -0.3 is 15.5 Å². The van der Waals surface area contributed by atoms with Crippen molar-refractivity contribution in [2.75, 3.05) is 24.5 Å². The van der Waals surface area contributed by atoms with Crippen molar-refractivity contribution in [3.05, 3.63) is 29.3 Å². The van der Waals surface area contributed by atoms with E-state index in [2.05, 4.69) is 47.6 Å². The molecule has 4 nitrogen and oxygen atoms in total. The second-order valence-corrected chi connectivity index (χ2v) is 5.94. The van der Waals surface area contributed by atoms with Crippen molar-refractivity contribution in [2.45, 2.75) is 46.2 Å². The molecule has 1 fully saturated rings. The van der Waals surface area contributed by atoms with Crippen molar-refractivity contribution in [2.24, 2.45) is 0 Å². The first-order valence-corrected chi connectivity index (χ1v) is 7.92. The monoisotopic (exact) mass is 289 g/mol. The Morgan fingerprint density at radius 2 is 2.24 bits per heavy atom. The van der Waals surface area contributed by atoms with Crippen molar-refractivity contribution in [3.63, 3.8) is 0 Å². The van der Waals surface area contributed by atoms with E-state index in [-0.39, 0.29) is 11.9 Å². The Morgan fingerprint density at radius 3 is 2.95 bits per heavy atom. The van der Waals surface area contributed by atoms with Gasteiger partial charge in [-0.2, -0.15) is 0 Å². The lowest BCUT2D eigenvalue weighted by Gasteiger charge is -2.23. The molecule has 2 N–H and O–H groups in total. The van der Waals surface area contributed by atoms with Gasteiger partial charge in [-0.25, -0.2) is 0 Å². The van der Waals surface area contributed by atoms with E-state index >= 15 is 0 Å². The van der Waals surface area contributed by atoms with Gasteiger partial charge in [0.25, 0.3) is 0 Å². The fourth-order valence-corrected chi connectivity index (χ4v) is 2.95. The van der Waals surface area contributed by atoms with Gasteiger partial charge in [0.1, 0.15) is 0 Å². The Labute approximate surface area is 127 Å². The number of nitrogens with one attached hydrogen (secondary N) is 2. The first kappa shape index (κ1) is 15.8. The van der Waals surface area contributed by atoms with E-state index in [1.54, 1.807) is 6.92 Å². The van der Waals surface area contributed by atoms with Crippen molar-refractivity contribution in [1.82, 2.24) is 10.6 Å². The fourth-order valence-electron chi connectivity index (χ4n) is 2.95. The molecule has 116 valence electrons. The molecule has 2 rings (SSSR count). The van der Waals surface area contributed by atoms with Crippen molar-refractivity contribution in [3.8, 4) is 0 Å². The van der Waals surface area contributed by atoms with Crippen LogP contribution in [0.25, 0.3) is 0 Å². The molecule has 0 aromatic heterocycles. The van der Waals surface area contributed by atoms with E-state index < -0.39 is 0 Å². The normalized spacial score (nSPS) is 18.0. The zero-order valence-corrected chi connectivity index (χ0v) is 13.4. The standard InChI is InChI=1S/C17H27N3O/c1-4-8-18-11-15-10-13(2)5-6-17(15)20-9-7-16(12-20)19-14(3)21/h5-6,10,16,18H,4,7-9,11-12H2,1-3H3,(H,19,21). The van der Waals surface area contributed by atoms with Crippen LogP contribution in [0.1, 0.15) is 37.8 Å². The molecule has 0 bridgehead atoms. The molecule has 1 aromatic carbocycles. The van der Waals surface area contributed by atoms with E-state index in [4.69, 9.17) is 0 Å². The third-order valence-corrected chi connectivity index (χ3v) is 3.91. The summed E-state index contributed by atoms with van der Waals surface area (Å²) in [6, 6.07) is 6.93. The Hall–Kier alpha value is -1.55. The molecular weight excluding hydrogens is 262 g/mol. The van der Waals surface area contributed by atoms with Crippen LogP contribution in [-0.2, 0) is 11.3 Å². The summed E-state index contributed by atoms with van der Waals surface area (Å²) in [6.45, 7) is 9.78. The zero-order valence-electron chi connectivity index (χ0n) is 13.4. The molecule has 1 aliphatic rings. The Balaban J connectivity index is 2.06. The van der Waals surface area contributed by atoms with Gasteiger partial charge in [-0.3, -0.25) is 4.79 Å². The summed E-state index contributed by atoms with van der Waals surface area (Å²) in [4.78, 5) is 13.6. The maximum Gasteiger partial charge on any atom is 0.217 e. The topological polar surface area (TPSA) is 44.4 Å². The van der Waals surface area contributed by atoms with Crippen molar-refractivity contribution < 1.29 is 4.79 Å². The Bertz CT molecular complexity index is 487. The zero-order chi connectivity index (χ0) is 15.2. The lowest BCUT2D eigenvalue weighted by molar-refractivity contribution is -0.119. The van der Waals surface area contributed by atoms with Gasteiger partial charge in [0.15, 0.2) is 0 Å². The molecule has 0 aliphatic carbocycles. The maximum atomic E-state index is 11.2. The van der Waals surface area contributed by atoms with Crippen LogP contribution in [0.3, 0.4) is 0 Å². The van der Waals surface area contributed by atoms with Gasteiger partial charge in [0.2, 0.25) is 5.91 Å². The minimum atomic E-state index is 0.0654. The predicted molar refractivity (Wildman–Crippen MR) is 87.6 cm³/mol. The molecule has 1 unspecified atom stereocenters. The lowest BCUT2D eigenvalue weighted by Crippen LogP contribution is -2.35. The van der Waals surface area contributed by atoms with Gasteiger partial charge in [0.05, 0.1) is 0 Å². The van der Waals surface area contributed by atoms with E-state index in [1.165, 1.54) is 16.8 Å². The van der Waals surface area contributed by atoms with Gasteiger partial charge in [-0.05, 0) is 37.9 Å². The molecular formula is C17H27N3O. The average molecular weight is 289 g/mol. The summed E-state index contributed by atoms with van der Waals surface area (Å²) in [5.74, 6) is 0.0654. The molecule has 1 atom stereocenters. The molecule has 1 amide bonds. The molecule has 21 heavy (non-hydrogen) atoms. The van der Waals surface area contributed by atoms with Gasteiger partial charge >= 0.3 is 0 Å². The quantitative estimate of drug-likeness (QED) is 0.789. The number of benzene rings is 1. The molecule has 0 spiro atoms. The van der Waals surface area contributed by atoms with Crippen LogP contribution in [0, 0.1) is 6.92 Å². The minimum Gasteiger partial charge on any atom is -0.369 e. The smallest absolute Gasteiger partial charge is 0.217 e. The highest BCUT2D eigenvalue weighted by Crippen LogP contribution is 2.26. The van der Waals surface area contributed by atoms with Crippen LogP contribution in [0.4, 0.5) is 5.69 Å². The summed E-state index contributed by atoms with van der Waals surface area (Å²) in [7, 11) is 0. The highest BCUT2D eigenvalue weighted by molar-refractivity contribution is 5.73. The minimum absolute atomic E-state index is 0.0654. The molecule has 1 saturated heterocycles. The maximum absolute atomic E-state index is 11.2. The van der Waals surface area contributed by atoms with E-state index in [0.29, 0.717) is 0 Å². The summed E-state index contributed by atoms with van der Waals surface area (Å²) < 4.78 is 0. The van der Waals surface area contributed by atoms with E-state index in [0.717, 1.165) is 39.0 Å². The molecule has 1 aliphatic heterocycles. The molecule has 4 heteroatoms.